The van der Waals surface area contributed by atoms with E-state index in [2.05, 4.69) is 6.42 Å². The van der Waals surface area contributed by atoms with Gasteiger partial charge in [0.2, 0.25) is 6.43 Å². The first-order valence-corrected chi connectivity index (χ1v) is 3.25. The van der Waals surface area contributed by atoms with Crippen LogP contribution in [0, 0.1) is 12.3 Å². The van der Waals surface area contributed by atoms with E-state index in [9.17, 15) is 8.78 Å². The Kier molecular flexibility index (Phi) is 2.43. The maximum atomic E-state index is 11.9. The first kappa shape index (κ1) is 6.97. The topological polar surface area (TPSA) is 0 Å². The molecule has 1 rings (SSSR count). The summed E-state index contributed by atoms with van der Waals surface area (Å²) in [6.07, 6.45) is 2.82. The Labute approximate surface area is 54.3 Å². The molecule has 0 heterocycles. The Balaban J connectivity index is 2.23. The smallest absolute Gasteiger partial charge is 0.210 e. The Morgan fingerprint density at radius 3 is 2.11 bits per heavy atom. The molecule has 1 aliphatic carbocycles. The molecular weight excluding hydrogens is 122 g/mol. The second-order valence-corrected chi connectivity index (χ2v) is 2.32. The first-order chi connectivity index (χ1) is 4.30. The Morgan fingerprint density at radius 1 is 1.22 bits per heavy atom. The minimum Gasteiger partial charge on any atom is -0.210 e. The quantitative estimate of drug-likeness (QED) is 0.514. The maximum Gasteiger partial charge on any atom is 0.244 e. The van der Waals surface area contributed by atoms with Crippen molar-refractivity contribution in [2.45, 2.75) is 32.1 Å². The lowest BCUT2D eigenvalue weighted by molar-refractivity contribution is 0.147. The maximum absolute atomic E-state index is 11.9. The molecule has 0 unspecified atom stereocenters. The van der Waals surface area contributed by atoms with Gasteiger partial charge in [-0.25, -0.2) is 8.78 Å². The molecule has 1 fully saturated rings. The van der Waals surface area contributed by atoms with Gasteiger partial charge in [-0.2, -0.15) is 0 Å². The molecule has 2 heteroatoms. The van der Waals surface area contributed by atoms with Crippen molar-refractivity contribution in [3.05, 3.63) is 12.3 Å². The van der Waals surface area contributed by atoms with Crippen molar-refractivity contribution in [3.8, 4) is 0 Å². The number of hydrogen-bond acceptors (Lipinski definition) is 0. The van der Waals surface area contributed by atoms with Gasteiger partial charge in [0, 0.05) is 5.92 Å². The predicted octanol–water partition coefficient (Wildman–Crippen LogP) is 2.60. The number of hydrogen-bond donors (Lipinski definition) is 0. The third-order valence-corrected chi connectivity index (χ3v) is 1.65. The van der Waals surface area contributed by atoms with Gasteiger partial charge in [0.25, 0.3) is 0 Å². The summed E-state index contributed by atoms with van der Waals surface area (Å²) in [5.74, 6) is 0.442. The van der Waals surface area contributed by atoms with Crippen molar-refractivity contribution >= 4 is 0 Å². The van der Waals surface area contributed by atoms with Gasteiger partial charge >= 0.3 is 0 Å². The summed E-state index contributed by atoms with van der Waals surface area (Å²) in [5.41, 5.74) is 0. The summed E-state index contributed by atoms with van der Waals surface area (Å²) in [6.45, 7) is 0. The van der Waals surface area contributed by atoms with Crippen LogP contribution in [0.25, 0.3) is 0 Å². The van der Waals surface area contributed by atoms with Gasteiger partial charge < -0.3 is 0 Å². The molecule has 0 atom stereocenters. The summed E-state index contributed by atoms with van der Waals surface area (Å²) < 4.78 is 23.7. The van der Waals surface area contributed by atoms with Gasteiger partial charge in [-0.05, 0) is 32.1 Å². The molecule has 0 aromatic rings. The van der Waals surface area contributed by atoms with Gasteiger partial charge in [0.05, 0.1) is 0 Å². The third-order valence-electron chi connectivity index (χ3n) is 1.65. The van der Waals surface area contributed by atoms with Gasteiger partial charge in [0.1, 0.15) is 0 Å². The van der Waals surface area contributed by atoms with E-state index >= 15 is 0 Å². The van der Waals surface area contributed by atoms with Crippen LogP contribution in [0.3, 0.4) is 0 Å². The minimum absolute atomic E-state index is 0.442. The average Bonchev–Trinajstić information content (AvgIpc) is 1.90. The van der Waals surface area contributed by atoms with Gasteiger partial charge in [-0.1, -0.05) is 0 Å². The monoisotopic (exact) mass is 132 g/mol. The summed E-state index contributed by atoms with van der Waals surface area (Å²) in [4.78, 5) is 0. The van der Waals surface area contributed by atoms with Crippen LogP contribution in [0.1, 0.15) is 25.7 Å². The van der Waals surface area contributed by atoms with Crippen molar-refractivity contribution in [1.82, 2.24) is 0 Å². The van der Waals surface area contributed by atoms with E-state index in [-0.39, 0.29) is 0 Å². The zero-order chi connectivity index (χ0) is 6.69. The lowest BCUT2D eigenvalue weighted by Gasteiger charge is -2.18. The van der Waals surface area contributed by atoms with E-state index in [0.717, 1.165) is 12.8 Å². The van der Waals surface area contributed by atoms with Crippen molar-refractivity contribution in [3.63, 3.8) is 0 Å². The van der Waals surface area contributed by atoms with Crippen molar-refractivity contribution in [2.24, 2.45) is 0 Å². The van der Waals surface area contributed by atoms with E-state index in [4.69, 9.17) is 0 Å². The molecule has 0 aromatic carbocycles. The molecule has 1 saturated carbocycles. The summed E-state index contributed by atoms with van der Waals surface area (Å²) in [7, 11) is 0. The van der Waals surface area contributed by atoms with Crippen LogP contribution in [-0.2, 0) is 0 Å². The molecule has 2 radical (unpaired) electrons. The lowest BCUT2D eigenvalue weighted by Crippen LogP contribution is -2.12. The Morgan fingerprint density at radius 2 is 1.78 bits per heavy atom. The largest absolute Gasteiger partial charge is 0.244 e. The van der Waals surface area contributed by atoms with Gasteiger partial charge in [-0.3, -0.25) is 0 Å². The molecule has 0 aromatic heterocycles. The van der Waals surface area contributed by atoms with Crippen molar-refractivity contribution in [1.29, 1.82) is 0 Å². The summed E-state index contributed by atoms with van der Waals surface area (Å²) in [6, 6.07) is 0. The normalized spacial score (nSPS) is 23.0. The fourth-order valence-corrected chi connectivity index (χ4v) is 1.06. The molecule has 0 aliphatic heterocycles. The molecule has 0 saturated heterocycles. The Bertz CT molecular complexity index is 75.0. The second-order valence-electron chi connectivity index (χ2n) is 2.32. The van der Waals surface area contributed by atoms with Crippen LogP contribution in [0.15, 0.2) is 0 Å². The molecular formula is C7H10F2. The van der Waals surface area contributed by atoms with Crippen LogP contribution >= 0.6 is 0 Å². The molecule has 9 heavy (non-hydrogen) atoms. The van der Waals surface area contributed by atoms with Crippen molar-refractivity contribution < 1.29 is 8.78 Å². The van der Waals surface area contributed by atoms with Crippen molar-refractivity contribution in [2.75, 3.05) is 0 Å². The fraction of sp³-hybridized carbons (Fsp3) is 0.714. The zero-order valence-electron chi connectivity index (χ0n) is 5.24. The summed E-state index contributed by atoms with van der Waals surface area (Å²) in [5, 5.41) is 0. The number of halogens is 2. The standard InChI is InChI=1S/C7H10F2/c8-7(9)6-4-2-1-3-5-6/h1,7H,2-5H2. The highest BCUT2D eigenvalue weighted by Gasteiger charge is 2.22. The van der Waals surface area contributed by atoms with Gasteiger partial charge in [-0.15, -0.1) is 0 Å². The molecule has 52 valence electrons. The SMILES string of the molecule is FC(F)[C]1CC[CH]CC1. The first-order valence-electron chi connectivity index (χ1n) is 3.25. The zero-order valence-corrected chi connectivity index (χ0v) is 5.24. The second kappa shape index (κ2) is 3.14. The summed E-state index contributed by atoms with van der Waals surface area (Å²) >= 11 is 0. The lowest BCUT2D eigenvalue weighted by atomic mass is 9.90. The van der Waals surface area contributed by atoms with E-state index in [1.54, 1.807) is 0 Å². The highest BCUT2D eigenvalue weighted by molar-refractivity contribution is 4.98. The van der Waals surface area contributed by atoms with E-state index in [1.807, 2.05) is 0 Å². The van der Waals surface area contributed by atoms with Crippen LogP contribution in [0.4, 0.5) is 8.78 Å². The van der Waals surface area contributed by atoms with Crippen LogP contribution in [-0.4, -0.2) is 6.43 Å². The molecule has 0 nitrogen and oxygen atoms in total. The van der Waals surface area contributed by atoms with Gasteiger partial charge in [0.15, 0.2) is 0 Å². The molecule has 0 bridgehead atoms. The van der Waals surface area contributed by atoms with E-state index in [0.29, 0.717) is 18.8 Å². The van der Waals surface area contributed by atoms with Crippen LogP contribution in [0.5, 0.6) is 0 Å². The average molecular weight is 132 g/mol. The fourth-order valence-electron chi connectivity index (χ4n) is 1.06. The highest BCUT2D eigenvalue weighted by Crippen LogP contribution is 2.29. The predicted molar refractivity (Wildman–Crippen MR) is 32.0 cm³/mol. The molecule has 0 amide bonds. The van der Waals surface area contributed by atoms with E-state index in [1.165, 1.54) is 0 Å². The number of rotatable bonds is 1. The van der Waals surface area contributed by atoms with E-state index < -0.39 is 6.43 Å². The molecule has 0 spiro atoms. The Hall–Kier alpha value is -0.140. The molecule has 0 N–H and O–H groups in total. The number of alkyl halides is 2. The van der Waals surface area contributed by atoms with Crippen LogP contribution in [0.2, 0.25) is 0 Å². The van der Waals surface area contributed by atoms with Crippen LogP contribution < -0.4 is 0 Å². The molecule has 1 aliphatic rings. The third kappa shape index (κ3) is 1.92. The highest BCUT2D eigenvalue weighted by atomic mass is 19.3. The minimum atomic E-state index is -2.17.